The summed E-state index contributed by atoms with van der Waals surface area (Å²) < 4.78 is 18.7. The van der Waals surface area contributed by atoms with E-state index >= 15 is 0 Å². The normalized spacial score (nSPS) is 24.0. The first-order valence-electron chi connectivity index (χ1n) is 5.59. The number of benzene rings is 1. The maximum Gasteiger partial charge on any atom is 0.143 e. The predicted molar refractivity (Wildman–Crippen MR) is 68.0 cm³/mol. The summed E-state index contributed by atoms with van der Waals surface area (Å²) in [5.41, 5.74) is 6.97. The lowest BCUT2D eigenvalue weighted by Gasteiger charge is -2.30. The zero-order valence-electron chi connectivity index (χ0n) is 9.91. The Morgan fingerprint density at radius 2 is 2.24 bits per heavy atom. The number of halogens is 2. The van der Waals surface area contributed by atoms with Gasteiger partial charge in [-0.25, -0.2) is 4.39 Å². The number of ether oxygens (including phenoxy) is 1. The molecule has 1 fully saturated rings. The van der Waals surface area contributed by atoms with Crippen LogP contribution in [0.25, 0.3) is 0 Å². The Bertz CT molecular complexity index is 427. The largest absolute Gasteiger partial charge is 0.397 e. The number of nitrogens with two attached hydrogens (primary N) is 1. The van der Waals surface area contributed by atoms with Crippen LogP contribution in [0.5, 0.6) is 0 Å². The number of nitrogen functional groups attached to an aromatic ring is 1. The second kappa shape index (κ2) is 4.70. The Morgan fingerprint density at radius 1 is 1.53 bits per heavy atom. The van der Waals surface area contributed by atoms with Crippen LogP contribution in [-0.4, -0.2) is 25.8 Å². The standard InChI is InChI=1S/C12H16ClFN2O/c1-7-11(3-4-17-7)16(2)12-5-8(13)9(14)6-10(12)15/h5-7,11H,3-4,15H2,1-2H3. The average Bonchev–Trinajstić information content (AvgIpc) is 2.69. The van der Waals surface area contributed by atoms with E-state index < -0.39 is 5.82 Å². The number of likely N-dealkylation sites (N-methyl/N-ethyl adjacent to an activating group) is 1. The highest BCUT2D eigenvalue weighted by molar-refractivity contribution is 6.31. The first kappa shape index (κ1) is 12.5. The van der Waals surface area contributed by atoms with Gasteiger partial charge in [0, 0.05) is 19.7 Å². The monoisotopic (exact) mass is 258 g/mol. The molecule has 0 aromatic heterocycles. The second-order valence-corrected chi connectivity index (χ2v) is 4.78. The Kier molecular flexibility index (Phi) is 3.45. The number of hydrogen-bond donors (Lipinski definition) is 1. The quantitative estimate of drug-likeness (QED) is 0.829. The molecular formula is C12H16ClFN2O. The molecule has 1 heterocycles. The molecule has 2 rings (SSSR count). The van der Waals surface area contributed by atoms with Crippen LogP contribution in [-0.2, 0) is 4.74 Å². The summed E-state index contributed by atoms with van der Waals surface area (Å²) >= 11 is 5.78. The lowest BCUT2D eigenvalue weighted by molar-refractivity contribution is 0.118. The minimum Gasteiger partial charge on any atom is -0.397 e. The van der Waals surface area contributed by atoms with Gasteiger partial charge >= 0.3 is 0 Å². The van der Waals surface area contributed by atoms with Crippen molar-refractivity contribution >= 4 is 23.0 Å². The van der Waals surface area contributed by atoms with Crippen LogP contribution in [0, 0.1) is 5.82 Å². The summed E-state index contributed by atoms with van der Waals surface area (Å²) in [6.45, 7) is 2.76. The number of anilines is 2. The van der Waals surface area contributed by atoms with E-state index in [0.717, 1.165) is 18.7 Å². The summed E-state index contributed by atoms with van der Waals surface area (Å²) in [4.78, 5) is 2.01. The Labute approximate surface area is 105 Å². The van der Waals surface area contributed by atoms with Crippen molar-refractivity contribution < 1.29 is 9.13 Å². The predicted octanol–water partition coefficient (Wildman–Crippen LogP) is 2.67. The number of nitrogens with zero attached hydrogens (tertiary/aromatic N) is 1. The van der Waals surface area contributed by atoms with Gasteiger partial charge in [-0.15, -0.1) is 0 Å². The van der Waals surface area contributed by atoms with E-state index in [1.165, 1.54) is 6.07 Å². The highest BCUT2D eigenvalue weighted by atomic mass is 35.5. The first-order chi connectivity index (χ1) is 8.00. The molecule has 0 spiro atoms. The van der Waals surface area contributed by atoms with Crippen LogP contribution in [0.1, 0.15) is 13.3 Å². The van der Waals surface area contributed by atoms with Gasteiger partial charge in [0.05, 0.1) is 28.5 Å². The first-order valence-corrected chi connectivity index (χ1v) is 5.97. The number of rotatable bonds is 2. The summed E-state index contributed by atoms with van der Waals surface area (Å²) in [5, 5.41) is 0.0904. The summed E-state index contributed by atoms with van der Waals surface area (Å²) in [5.74, 6) is -0.489. The van der Waals surface area contributed by atoms with E-state index in [2.05, 4.69) is 0 Å². The van der Waals surface area contributed by atoms with Crippen LogP contribution < -0.4 is 10.6 Å². The molecule has 1 aliphatic heterocycles. The van der Waals surface area contributed by atoms with Gasteiger partial charge in [0.1, 0.15) is 5.82 Å². The molecule has 2 N–H and O–H groups in total. The Balaban J connectivity index is 2.30. The van der Waals surface area contributed by atoms with Gasteiger partial charge in [-0.3, -0.25) is 0 Å². The summed E-state index contributed by atoms with van der Waals surface area (Å²) in [6.07, 6.45) is 1.08. The molecule has 17 heavy (non-hydrogen) atoms. The van der Waals surface area contributed by atoms with Gasteiger partial charge in [0.15, 0.2) is 0 Å². The van der Waals surface area contributed by atoms with Crippen molar-refractivity contribution in [3.63, 3.8) is 0 Å². The molecular weight excluding hydrogens is 243 g/mol. The number of hydrogen-bond acceptors (Lipinski definition) is 3. The molecule has 1 saturated heterocycles. The Morgan fingerprint density at radius 3 is 2.82 bits per heavy atom. The third-order valence-electron chi connectivity index (χ3n) is 3.28. The molecule has 1 aromatic rings. The van der Waals surface area contributed by atoms with Crippen LogP contribution in [0.15, 0.2) is 12.1 Å². The molecule has 0 amide bonds. The van der Waals surface area contributed by atoms with Crippen molar-refractivity contribution in [3.05, 3.63) is 23.0 Å². The minimum absolute atomic E-state index is 0.0904. The molecule has 0 aliphatic carbocycles. The highest BCUT2D eigenvalue weighted by Crippen LogP contribution is 2.32. The van der Waals surface area contributed by atoms with Crippen molar-refractivity contribution in [1.82, 2.24) is 0 Å². The molecule has 0 saturated carbocycles. The molecule has 5 heteroatoms. The van der Waals surface area contributed by atoms with Gasteiger partial charge in [-0.05, 0) is 19.4 Å². The molecule has 2 unspecified atom stereocenters. The van der Waals surface area contributed by atoms with Crippen LogP contribution in [0.3, 0.4) is 0 Å². The zero-order chi connectivity index (χ0) is 12.6. The fourth-order valence-corrected chi connectivity index (χ4v) is 2.42. The topological polar surface area (TPSA) is 38.5 Å². The molecule has 0 bridgehead atoms. The highest BCUT2D eigenvalue weighted by Gasteiger charge is 2.29. The van der Waals surface area contributed by atoms with Gasteiger partial charge in [0.25, 0.3) is 0 Å². The fourth-order valence-electron chi connectivity index (χ4n) is 2.26. The van der Waals surface area contributed by atoms with Crippen LogP contribution in [0.2, 0.25) is 5.02 Å². The van der Waals surface area contributed by atoms with E-state index in [-0.39, 0.29) is 17.2 Å². The van der Waals surface area contributed by atoms with Gasteiger partial charge in [0.2, 0.25) is 0 Å². The third kappa shape index (κ3) is 2.33. The fraction of sp³-hybridized carbons (Fsp3) is 0.500. The van der Waals surface area contributed by atoms with Crippen molar-refractivity contribution in [2.24, 2.45) is 0 Å². The van der Waals surface area contributed by atoms with E-state index in [9.17, 15) is 4.39 Å². The van der Waals surface area contributed by atoms with Crippen molar-refractivity contribution in [2.45, 2.75) is 25.5 Å². The average molecular weight is 259 g/mol. The summed E-state index contributed by atoms with van der Waals surface area (Å²) in [6, 6.07) is 3.07. The van der Waals surface area contributed by atoms with Gasteiger partial charge in [-0.2, -0.15) is 0 Å². The van der Waals surface area contributed by atoms with Crippen LogP contribution in [0.4, 0.5) is 15.8 Å². The van der Waals surface area contributed by atoms with Gasteiger partial charge in [-0.1, -0.05) is 11.6 Å². The van der Waals surface area contributed by atoms with E-state index in [1.807, 2.05) is 18.9 Å². The van der Waals surface area contributed by atoms with Crippen molar-refractivity contribution in [3.8, 4) is 0 Å². The second-order valence-electron chi connectivity index (χ2n) is 4.37. The molecule has 94 valence electrons. The SMILES string of the molecule is CC1OCCC1N(C)c1cc(Cl)c(F)cc1N. The zero-order valence-corrected chi connectivity index (χ0v) is 10.7. The van der Waals surface area contributed by atoms with E-state index in [4.69, 9.17) is 22.1 Å². The smallest absolute Gasteiger partial charge is 0.143 e. The van der Waals surface area contributed by atoms with Crippen molar-refractivity contribution in [1.29, 1.82) is 0 Å². The maximum absolute atomic E-state index is 13.2. The summed E-state index contributed by atoms with van der Waals surface area (Å²) in [7, 11) is 1.93. The minimum atomic E-state index is -0.489. The third-order valence-corrected chi connectivity index (χ3v) is 3.57. The van der Waals surface area contributed by atoms with Crippen molar-refractivity contribution in [2.75, 3.05) is 24.3 Å². The van der Waals surface area contributed by atoms with Gasteiger partial charge < -0.3 is 15.4 Å². The molecule has 2 atom stereocenters. The Hall–Kier alpha value is -1.00. The molecule has 0 radical (unpaired) electrons. The lowest BCUT2D eigenvalue weighted by Crippen LogP contribution is -2.37. The molecule has 1 aromatic carbocycles. The molecule has 1 aliphatic rings. The maximum atomic E-state index is 13.2. The van der Waals surface area contributed by atoms with E-state index in [1.54, 1.807) is 6.07 Å². The van der Waals surface area contributed by atoms with Crippen LogP contribution >= 0.6 is 11.6 Å². The molecule has 3 nitrogen and oxygen atoms in total. The lowest BCUT2D eigenvalue weighted by atomic mass is 10.1. The van der Waals surface area contributed by atoms with E-state index in [0.29, 0.717) is 5.69 Å².